The molecule has 0 aliphatic heterocycles. The van der Waals surface area contributed by atoms with E-state index < -0.39 is 0 Å². The zero-order chi connectivity index (χ0) is 24.8. The first kappa shape index (κ1) is 27.8. The molecule has 1 unspecified atom stereocenters. The van der Waals surface area contributed by atoms with Crippen molar-refractivity contribution in [2.75, 3.05) is 34.0 Å². The highest BCUT2D eigenvalue weighted by Gasteiger charge is 2.23. The van der Waals surface area contributed by atoms with E-state index in [9.17, 15) is 4.79 Å². The second-order valence-corrected chi connectivity index (χ2v) is 9.10. The lowest BCUT2D eigenvalue weighted by molar-refractivity contribution is 0.108. The van der Waals surface area contributed by atoms with Crippen LogP contribution < -0.4 is 29.0 Å². The molecule has 0 radical (unpaired) electrons. The van der Waals surface area contributed by atoms with Crippen LogP contribution in [0.3, 0.4) is 0 Å². The summed E-state index contributed by atoms with van der Waals surface area (Å²) in [6, 6.07) is 9.10. The Balaban J connectivity index is 2.48. The van der Waals surface area contributed by atoms with Gasteiger partial charge < -0.3 is 23.7 Å². The van der Waals surface area contributed by atoms with E-state index in [4.69, 9.17) is 23.7 Å². The predicted octanol–water partition coefficient (Wildman–Crippen LogP) is 6.38. The monoisotopic (exact) mass is 490 g/mol. The Kier molecular flexibility index (Phi) is 12.6. The summed E-state index contributed by atoms with van der Waals surface area (Å²) in [6.45, 7) is 8.11. The molecule has 0 saturated carbocycles. The van der Waals surface area contributed by atoms with E-state index in [1.54, 1.807) is 32.4 Å². The van der Waals surface area contributed by atoms with Gasteiger partial charge in [-0.1, -0.05) is 46.1 Å². The summed E-state index contributed by atoms with van der Waals surface area (Å²) in [5.41, 5.74) is 0.322. The Labute approximate surface area is 206 Å². The van der Waals surface area contributed by atoms with Gasteiger partial charge in [0.15, 0.2) is 5.52 Å². The number of ether oxygens (including phenoxy) is 5. The zero-order valence-electron chi connectivity index (χ0n) is 21.2. The van der Waals surface area contributed by atoms with Gasteiger partial charge in [0.05, 0.1) is 39.3 Å². The van der Waals surface area contributed by atoms with Crippen LogP contribution in [0.2, 0.25) is 0 Å². The Morgan fingerprint density at radius 3 is 1.65 bits per heavy atom. The fourth-order valence-corrected chi connectivity index (χ4v) is 4.37. The van der Waals surface area contributed by atoms with Gasteiger partial charge in [0.1, 0.15) is 34.3 Å². The van der Waals surface area contributed by atoms with E-state index in [0.717, 1.165) is 43.8 Å². The highest BCUT2D eigenvalue weighted by atomic mass is 31.1. The lowest BCUT2D eigenvalue weighted by Gasteiger charge is -2.19. The molecule has 34 heavy (non-hydrogen) atoms. The smallest absolute Gasteiger partial charge is 0.193 e. The number of rotatable bonds is 17. The van der Waals surface area contributed by atoms with Crippen molar-refractivity contribution in [3.63, 3.8) is 0 Å². The number of hydrogen-bond donors (Lipinski definition) is 0. The first-order valence-electron chi connectivity index (χ1n) is 12.2. The molecule has 0 saturated heterocycles. The summed E-state index contributed by atoms with van der Waals surface area (Å²) in [5, 5.41) is 0.744. The molecule has 1 atom stereocenters. The van der Waals surface area contributed by atoms with Gasteiger partial charge in [-0.25, -0.2) is 0 Å². The van der Waals surface area contributed by atoms with Crippen molar-refractivity contribution in [2.24, 2.45) is 0 Å². The topological polar surface area (TPSA) is 63.2 Å². The van der Waals surface area contributed by atoms with Gasteiger partial charge in [0.2, 0.25) is 0 Å². The molecule has 2 rings (SSSR count). The largest absolute Gasteiger partial charge is 0.496 e. The van der Waals surface area contributed by atoms with Crippen LogP contribution in [0.1, 0.15) is 69.7 Å². The Morgan fingerprint density at radius 1 is 0.735 bits per heavy atom. The third-order valence-corrected chi connectivity index (χ3v) is 6.43. The van der Waals surface area contributed by atoms with Crippen LogP contribution in [-0.4, -0.2) is 39.6 Å². The lowest BCUT2D eigenvalue weighted by atomic mass is 10.2. The van der Waals surface area contributed by atoms with Crippen LogP contribution in [0.5, 0.6) is 28.7 Å². The molecule has 0 bridgehead atoms. The maximum absolute atomic E-state index is 13.5. The molecule has 0 heterocycles. The van der Waals surface area contributed by atoms with Crippen LogP contribution in [0, 0.1) is 0 Å². The fraction of sp³-hybridized carbons (Fsp3) is 0.519. The molecule has 188 valence electrons. The second kappa shape index (κ2) is 15.4. The van der Waals surface area contributed by atoms with E-state index in [2.05, 4.69) is 20.8 Å². The lowest BCUT2D eigenvalue weighted by Crippen LogP contribution is -2.14. The molecular weight excluding hydrogens is 451 g/mol. The molecule has 0 N–H and O–H groups in total. The molecule has 2 aromatic carbocycles. The molecular formula is C27H39O6P. The minimum absolute atomic E-state index is 0.102. The van der Waals surface area contributed by atoms with Crippen LogP contribution >= 0.6 is 8.58 Å². The van der Waals surface area contributed by atoms with Crippen molar-refractivity contribution in [1.82, 2.24) is 0 Å². The van der Waals surface area contributed by atoms with Gasteiger partial charge in [0.25, 0.3) is 0 Å². The van der Waals surface area contributed by atoms with Crippen molar-refractivity contribution in [2.45, 2.75) is 59.3 Å². The normalized spacial score (nSPS) is 11.0. The summed E-state index contributed by atoms with van der Waals surface area (Å²) in [5.74, 6) is 2.93. The molecule has 6 nitrogen and oxygen atoms in total. The number of carbonyl (C=O) groups is 1. The van der Waals surface area contributed by atoms with Crippen molar-refractivity contribution < 1.29 is 28.5 Å². The minimum Gasteiger partial charge on any atom is -0.496 e. The molecule has 0 aliphatic carbocycles. The van der Waals surface area contributed by atoms with Gasteiger partial charge in [-0.3, -0.25) is 4.79 Å². The first-order valence-corrected chi connectivity index (χ1v) is 13.2. The maximum Gasteiger partial charge on any atom is 0.193 e. The summed E-state index contributed by atoms with van der Waals surface area (Å²) in [6.07, 6.45) is 5.89. The van der Waals surface area contributed by atoms with Crippen molar-refractivity contribution in [1.29, 1.82) is 0 Å². The average Bonchev–Trinajstić information content (AvgIpc) is 2.85. The quantitative estimate of drug-likeness (QED) is 0.189. The highest BCUT2D eigenvalue weighted by Crippen LogP contribution is 2.39. The summed E-state index contributed by atoms with van der Waals surface area (Å²) in [4.78, 5) is 13.5. The third-order valence-electron chi connectivity index (χ3n) is 5.21. The van der Waals surface area contributed by atoms with E-state index in [0.29, 0.717) is 54.1 Å². The average molecular weight is 491 g/mol. The zero-order valence-corrected chi connectivity index (χ0v) is 22.2. The van der Waals surface area contributed by atoms with Crippen LogP contribution in [0.15, 0.2) is 30.3 Å². The molecule has 0 aliphatic rings. The third kappa shape index (κ3) is 8.09. The Hall–Kier alpha value is -2.46. The van der Waals surface area contributed by atoms with Crippen molar-refractivity contribution in [3.8, 4) is 28.7 Å². The second-order valence-electron chi connectivity index (χ2n) is 7.89. The number of carbonyl (C=O) groups excluding carboxylic acids is 1. The van der Waals surface area contributed by atoms with Gasteiger partial charge in [-0.15, -0.1) is 0 Å². The maximum atomic E-state index is 13.5. The number of benzene rings is 2. The minimum atomic E-state index is -0.230. The summed E-state index contributed by atoms with van der Waals surface area (Å²) in [7, 11) is 2.87. The molecule has 2 aromatic rings. The number of methoxy groups -OCH3 is 2. The van der Waals surface area contributed by atoms with E-state index >= 15 is 0 Å². The summed E-state index contributed by atoms with van der Waals surface area (Å²) >= 11 is 0. The van der Waals surface area contributed by atoms with E-state index in [1.165, 1.54) is 0 Å². The number of unbranched alkanes of at least 4 members (excludes halogenated alkanes) is 3. The number of hydrogen-bond acceptors (Lipinski definition) is 6. The molecule has 7 heteroatoms. The summed E-state index contributed by atoms with van der Waals surface area (Å²) < 4.78 is 29.2. The van der Waals surface area contributed by atoms with Gasteiger partial charge in [0, 0.05) is 12.1 Å². The molecule has 0 aromatic heterocycles. The Morgan fingerprint density at radius 2 is 1.21 bits per heavy atom. The van der Waals surface area contributed by atoms with Crippen LogP contribution in [0.4, 0.5) is 0 Å². The van der Waals surface area contributed by atoms with Gasteiger partial charge in [-0.2, -0.15) is 0 Å². The van der Waals surface area contributed by atoms with E-state index in [1.807, 2.05) is 12.1 Å². The van der Waals surface area contributed by atoms with Crippen LogP contribution in [-0.2, 0) is 0 Å². The first-order chi connectivity index (χ1) is 16.6. The molecule has 0 amide bonds. The predicted molar refractivity (Wildman–Crippen MR) is 139 cm³/mol. The van der Waals surface area contributed by atoms with Gasteiger partial charge in [-0.05, 0) is 40.0 Å². The van der Waals surface area contributed by atoms with Crippen LogP contribution in [0.25, 0.3) is 0 Å². The molecule has 0 fully saturated rings. The fourth-order valence-electron chi connectivity index (χ4n) is 3.24. The molecule has 0 spiro atoms. The van der Waals surface area contributed by atoms with Crippen molar-refractivity contribution >= 4 is 19.4 Å². The standard InChI is InChI=1S/C27H39O6P/c1-6-9-15-31-20-18-23(32-16-10-7-2)26(24(19-20)33-17-11-8-3)34-27(28)25-21(29-4)13-12-14-22(25)30-5/h12-14,18-19,34H,6-11,15-17H2,1-5H3. The SMILES string of the molecule is CCCCOc1cc(OCCCC)c(PC(=O)c2c(OC)cccc2OC)c(OCCCC)c1. The van der Waals surface area contributed by atoms with E-state index in [-0.39, 0.29) is 14.1 Å². The van der Waals surface area contributed by atoms with Crippen molar-refractivity contribution in [3.05, 3.63) is 35.9 Å². The Bertz CT molecular complexity index is 845. The van der Waals surface area contributed by atoms with Gasteiger partial charge >= 0.3 is 0 Å². The highest BCUT2D eigenvalue weighted by molar-refractivity contribution is 7.66.